The molecule has 0 bridgehead atoms. The highest BCUT2D eigenvalue weighted by atomic mass is 16.2. The molecule has 1 atom stereocenters. The number of hydrogen-bond acceptors (Lipinski definition) is 3. The highest BCUT2D eigenvalue weighted by Crippen LogP contribution is 2.45. The van der Waals surface area contributed by atoms with Crippen LogP contribution >= 0.6 is 0 Å². The van der Waals surface area contributed by atoms with Crippen molar-refractivity contribution in [1.82, 2.24) is 0 Å². The predicted molar refractivity (Wildman–Crippen MR) is 106 cm³/mol. The summed E-state index contributed by atoms with van der Waals surface area (Å²) in [5.41, 5.74) is 3.24. The summed E-state index contributed by atoms with van der Waals surface area (Å²) in [4.78, 5) is 27.3. The van der Waals surface area contributed by atoms with Crippen LogP contribution in [0.3, 0.4) is 0 Å². The van der Waals surface area contributed by atoms with Gasteiger partial charge in [0.2, 0.25) is 11.6 Å². The Kier molecular flexibility index (Phi) is 3.37. The van der Waals surface area contributed by atoms with Crippen molar-refractivity contribution in [2.75, 3.05) is 5.32 Å². The molecule has 3 nitrogen and oxygen atoms in total. The van der Waals surface area contributed by atoms with Gasteiger partial charge in [0, 0.05) is 16.8 Å². The van der Waals surface area contributed by atoms with Gasteiger partial charge in [-0.05, 0) is 35.3 Å². The van der Waals surface area contributed by atoms with Gasteiger partial charge in [-0.25, -0.2) is 0 Å². The van der Waals surface area contributed by atoms with Crippen molar-refractivity contribution < 1.29 is 9.59 Å². The fourth-order valence-electron chi connectivity index (χ4n) is 4.17. The number of benzene rings is 3. The van der Waals surface area contributed by atoms with Crippen molar-refractivity contribution in [3.8, 4) is 0 Å². The van der Waals surface area contributed by atoms with Crippen molar-refractivity contribution in [3.05, 3.63) is 107 Å². The number of nitrogens with one attached hydrogen (secondary N) is 1. The van der Waals surface area contributed by atoms with Gasteiger partial charge in [-0.15, -0.1) is 0 Å². The van der Waals surface area contributed by atoms with Gasteiger partial charge in [0.15, 0.2) is 5.54 Å². The number of anilines is 1. The molecule has 0 saturated carbocycles. The molecule has 1 unspecified atom stereocenters. The van der Waals surface area contributed by atoms with Gasteiger partial charge in [0.05, 0.1) is 0 Å². The van der Waals surface area contributed by atoms with E-state index in [9.17, 15) is 9.59 Å². The van der Waals surface area contributed by atoms with E-state index in [0.29, 0.717) is 16.8 Å². The average molecular weight is 351 g/mol. The van der Waals surface area contributed by atoms with Gasteiger partial charge < -0.3 is 5.32 Å². The normalized spacial score (nSPS) is 19.9. The van der Waals surface area contributed by atoms with Crippen molar-refractivity contribution in [3.63, 3.8) is 0 Å². The van der Waals surface area contributed by atoms with Crippen LogP contribution in [-0.2, 0) is 6.42 Å². The maximum Gasteiger partial charge on any atom is 0.202 e. The molecule has 1 aliphatic heterocycles. The van der Waals surface area contributed by atoms with E-state index in [2.05, 4.69) is 5.32 Å². The highest BCUT2D eigenvalue weighted by Gasteiger charge is 2.55. The molecule has 0 radical (unpaired) electrons. The lowest BCUT2D eigenvalue weighted by molar-refractivity contribution is 0.0843. The highest BCUT2D eigenvalue weighted by molar-refractivity contribution is 6.37. The maximum absolute atomic E-state index is 13.7. The Morgan fingerprint density at radius 1 is 0.815 bits per heavy atom. The van der Waals surface area contributed by atoms with Crippen LogP contribution in [0.15, 0.2) is 84.9 Å². The summed E-state index contributed by atoms with van der Waals surface area (Å²) in [6.45, 7) is 0. The molecule has 1 N–H and O–H groups in total. The molecule has 0 aromatic heterocycles. The zero-order chi connectivity index (χ0) is 18.4. The van der Waals surface area contributed by atoms with Gasteiger partial charge in [0.1, 0.15) is 0 Å². The van der Waals surface area contributed by atoms with Gasteiger partial charge in [-0.1, -0.05) is 72.8 Å². The quantitative estimate of drug-likeness (QED) is 0.556. The van der Waals surface area contributed by atoms with Crippen LogP contribution in [0.25, 0.3) is 5.57 Å². The van der Waals surface area contributed by atoms with Crippen molar-refractivity contribution in [2.45, 2.75) is 12.0 Å². The predicted octanol–water partition coefficient (Wildman–Crippen LogP) is 4.56. The number of Topliss-reactive ketones (excluding diaryl/α,β-unsaturated/α-hetero) is 2. The van der Waals surface area contributed by atoms with Gasteiger partial charge in [0.25, 0.3) is 0 Å². The summed E-state index contributed by atoms with van der Waals surface area (Å²) < 4.78 is 0. The van der Waals surface area contributed by atoms with Crippen LogP contribution in [0.4, 0.5) is 5.69 Å². The molecule has 0 saturated heterocycles. The number of rotatable bonds is 3. The molecule has 3 heteroatoms. The van der Waals surface area contributed by atoms with Gasteiger partial charge in [-0.3, -0.25) is 9.59 Å². The van der Waals surface area contributed by atoms with Crippen LogP contribution in [0.1, 0.15) is 31.8 Å². The molecule has 3 aromatic carbocycles. The molecule has 1 heterocycles. The molecule has 0 spiro atoms. The Hall–Kier alpha value is -3.46. The number of carbonyl (C=O) groups is 2. The first kappa shape index (κ1) is 15.8. The van der Waals surface area contributed by atoms with Crippen molar-refractivity contribution in [2.24, 2.45) is 0 Å². The van der Waals surface area contributed by atoms with E-state index in [0.717, 1.165) is 23.1 Å². The molecular formula is C24H17NO2. The second-order valence-electron chi connectivity index (χ2n) is 6.92. The Bertz CT molecular complexity index is 1110. The van der Waals surface area contributed by atoms with Gasteiger partial charge in [-0.2, -0.15) is 0 Å². The Morgan fingerprint density at radius 3 is 2.26 bits per heavy atom. The smallest absolute Gasteiger partial charge is 0.202 e. The first-order valence-electron chi connectivity index (χ1n) is 9.02. The molecule has 3 aromatic rings. The first-order valence-corrected chi connectivity index (χ1v) is 9.02. The number of carbonyl (C=O) groups excluding carboxylic acids is 2. The Labute approximate surface area is 157 Å². The number of allylic oxidation sites excluding steroid dienone is 1. The standard InChI is InChI=1S/C24H17NO2/c26-22(17-9-2-1-3-10-17)24(20-15-14-16-8-4-5-11-18(16)20)23(27)19-12-6-7-13-21(19)25-24/h1-13,15,25H,14H2. The number of para-hydroxylation sites is 1. The SMILES string of the molecule is O=C(c1ccccc1)C1(C2=CCc3ccccc32)Nc2ccccc2C1=O. The largest absolute Gasteiger partial charge is 0.362 e. The molecule has 130 valence electrons. The van der Waals surface area contributed by atoms with E-state index < -0.39 is 5.54 Å². The lowest BCUT2D eigenvalue weighted by Gasteiger charge is -2.29. The number of ketones is 2. The summed E-state index contributed by atoms with van der Waals surface area (Å²) in [6, 6.07) is 24.4. The molecule has 2 aliphatic rings. The molecule has 0 fully saturated rings. The topological polar surface area (TPSA) is 46.2 Å². The monoisotopic (exact) mass is 351 g/mol. The summed E-state index contributed by atoms with van der Waals surface area (Å²) in [7, 11) is 0. The van der Waals surface area contributed by atoms with Crippen LogP contribution < -0.4 is 5.32 Å². The summed E-state index contributed by atoms with van der Waals surface area (Å²) in [5.74, 6) is -0.401. The van der Waals surface area contributed by atoms with E-state index in [1.54, 1.807) is 18.2 Å². The van der Waals surface area contributed by atoms with E-state index in [4.69, 9.17) is 0 Å². The third kappa shape index (κ3) is 2.15. The number of fused-ring (bicyclic) bond motifs is 2. The Morgan fingerprint density at radius 2 is 1.48 bits per heavy atom. The minimum absolute atomic E-state index is 0.185. The van der Waals surface area contributed by atoms with Crippen LogP contribution in [0.5, 0.6) is 0 Å². The second-order valence-corrected chi connectivity index (χ2v) is 6.92. The molecule has 27 heavy (non-hydrogen) atoms. The molecule has 0 amide bonds. The van der Waals surface area contributed by atoms with Crippen molar-refractivity contribution in [1.29, 1.82) is 0 Å². The van der Waals surface area contributed by atoms with Crippen molar-refractivity contribution >= 4 is 22.8 Å². The van der Waals surface area contributed by atoms with Crippen LogP contribution in [0, 0.1) is 0 Å². The fourth-order valence-corrected chi connectivity index (χ4v) is 4.17. The molecule has 5 rings (SSSR count). The van der Waals surface area contributed by atoms with E-state index in [1.807, 2.05) is 66.7 Å². The average Bonchev–Trinajstić information content (AvgIpc) is 3.28. The summed E-state index contributed by atoms with van der Waals surface area (Å²) >= 11 is 0. The van der Waals surface area contributed by atoms with E-state index in [-0.39, 0.29) is 11.6 Å². The molecule has 1 aliphatic carbocycles. The number of hydrogen-bond donors (Lipinski definition) is 1. The second kappa shape index (κ2) is 5.78. The van der Waals surface area contributed by atoms with Crippen LogP contribution in [0.2, 0.25) is 0 Å². The third-order valence-electron chi connectivity index (χ3n) is 5.45. The van der Waals surface area contributed by atoms with Gasteiger partial charge >= 0.3 is 0 Å². The maximum atomic E-state index is 13.7. The minimum Gasteiger partial charge on any atom is -0.362 e. The lowest BCUT2D eigenvalue weighted by atomic mass is 9.77. The van der Waals surface area contributed by atoms with E-state index in [1.165, 1.54) is 0 Å². The molecular weight excluding hydrogens is 334 g/mol. The zero-order valence-electron chi connectivity index (χ0n) is 14.6. The first-order chi connectivity index (χ1) is 13.2. The minimum atomic E-state index is -1.42. The van der Waals surface area contributed by atoms with Crippen LogP contribution in [-0.4, -0.2) is 17.1 Å². The lowest BCUT2D eigenvalue weighted by Crippen LogP contribution is -2.50. The summed E-state index contributed by atoms with van der Waals surface area (Å²) in [6.07, 6.45) is 2.74. The zero-order valence-corrected chi connectivity index (χ0v) is 14.6. The van der Waals surface area contributed by atoms with E-state index >= 15 is 0 Å². The Balaban J connectivity index is 1.74. The fraction of sp³-hybridized carbons (Fsp3) is 0.0833. The summed E-state index contributed by atoms with van der Waals surface area (Å²) in [5, 5.41) is 3.31. The third-order valence-corrected chi connectivity index (χ3v) is 5.45.